The van der Waals surface area contributed by atoms with Crippen LogP contribution in [0.25, 0.3) is 0 Å². The van der Waals surface area contributed by atoms with Crippen molar-refractivity contribution in [3.05, 3.63) is 0 Å². The number of unbranched alkanes of at least 4 members (excludes halogenated alkanes) is 30. The number of carbonyl (C=O) groups is 3. The van der Waals surface area contributed by atoms with Gasteiger partial charge in [-0.15, -0.1) is 0 Å². The number of aliphatic carboxylic acids is 1. The minimum absolute atomic E-state index is 0.0126. The molecule has 0 aromatic heterocycles. The smallest absolute Gasteiger partial charge is 0.326 e. The Hall–Kier alpha value is -1.63. The van der Waals surface area contributed by atoms with E-state index in [2.05, 4.69) is 19.2 Å². The fourth-order valence-corrected chi connectivity index (χ4v) is 7.57. The molecule has 0 aliphatic heterocycles. The summed E-state index contributed by atoms with van der Waals surface area (Å²) in [6.07, 6.45) is 45.8. The Balaban J connectivity index is 4.27. The second-order valence-electron chi connectivity index (χ2n) is 16.5. The van der Waals surface area contributed by atoms with E-state index >= 15 is 0 Å². The van der Waals surface area contributed by atoms with Gasteiger partial charge in [0.1, 0.15) is 12.1 Å². The van der Waals surface area contributed by atoms with E-state index in [1.165, 1.54) is 161 Å². The lowest BCUT2D eigenvalue weighted by atomic mass is 10.0. The number of nitrogens with two attached hydrogens (primary N) is 1. The molecule has 7 heteroatoms. The van der Waals surface area contributed by atoms with Crippen LogP contribution in [0, 0.1) is 0 Å². The average molecular weight is 765 g/mol. The van der Waals surface area contributed by atoms with Crippen LogP contribution in [-0.4, -0.2) is 41.6 Å². The molecule has 54 heavy (non-hydrogen) atoms. The minimum Gasteiger partial charge on any atom is -0.480 e. The van der Waals surface area contributed by atoms with Crippen molar-refractivity contribution in [3.8, 4) is 0 Å². The molecule has 7 nitrogen and oxygen atoms in total. The van der Waals surface area contributed by atoms with Gasteiger partial charge in [-0.1, -0.05) is 200 Å². The molecular formula is C47H92N2O5. The molecule has 0 aliphatic rings. The van der Waals surface area contributed by atoms with E-state index in [4.69, 9.17) is 10.5 Å². The van der Waals surface area contributed by atoms with Crippen molar-refractivity contribution < 1.29 is 24.2 Å². The lowest BCUT2D eigenvalue weighted by Gasteiger charge is -2.18. The van der Waals surface area contributed by atoms with Crippen LogP contribution in [-0.2, 0) is 19.1 Å². The molecule has 2 atom stereocenters. The van der Waals surface area contributed by atoms with E-state index in [1.807, 2.05) is 0 Å². The van der Waals surface area contributed by atoms with Gasteiger partial charge in [0, 0.05) is 12.8 Å². The molecule has 4 N–H and O–H groups in total. The maximum atomic E-state index is 12.8. The lowest BCUT2D eigenvalue weighted by molar-refractivity contribution is -0.150. The molecule has 0 radical (unpaired) electrons. The number of carboxylic acids is 1. The van der Waals surface area contributed by atoms with Gasteiger partial charge in [0.05, 0.1) is 0 Å². The first-order chi connectivity index (χ1) is 26.4. The second-order valence-corrected chi connectivity index (χ2v) is 16.5. The van der Waals surface area contributed by atoms with Crippen molar-refractivity contribution in [1.29, 1.82) is 0 Å². The van der Waals surface area contributed by atoms with Gasteiger partial charge >= 0.3 is 11.9 Å². The largest absolute Gasteiger partial charge is 0.480 e. The van der Waals surface area contributed by atoms with Gasteiger partial charge in [0.2, 0.25) is 5.91 Å². The molecule has 0 aliphatic carbocycles. The summed E-state index contributed by atoms with van der Waals surface area (Å²) in [4.78, 5) is 36.4. The van der Waals surface area contributed by atoms with Crippen molar-refractivity contribution >= 4 is 17.8 Å². The van der Waals surface area contributed by atoms with Crippen molar-refractivity contribution in [3.63, 3.8) is 0 Å². The zero-order valence-corrected chi connectivity index (χ0v) is 36.1. The van der Waals surface area contributed by atoms with Crippen LogP contribution >= 0.6 is 0 Å². The molecule has 0 heterocycles. The van der Waals surface area contributed by atoms with E-state index in [0.717, 1.165) is 64.2 Å². The Morgan fingerprint density at radius 3 is 1.15 bits per heavy atom. The third kappa shape index (κ3) is 38.6. The van der Waals surface area contributed by atoms with Gasteiger partial charge in [0.25, 0.3) is 0 Å². The topological polar surface area (TPSA) is 119 Å². The molecule has 0 aromatic rings. The maximum Gasteiger partial charge on any atom is 0.326 e. The Kier molecular flexibility index (Phi) is 41.2. The van der Waals surface area contributed by atoms with Crippen LogP contribution in [0.2, 0.25) is 0 Å². The summed E-state index contributed by atoms with van der Waals surface area (Å²) in [5.74, 6) is -1.21. The maximum absolute atomic E-state index is 12.8. The number of amides is 1. The van der Waals surface area contributed by atoms with Crippen molar-refractivity contribution in [1.82, 2.24) is 5.32 Å². The van der Waals surface area contributed by atoms with E-state index in [9.17, 15) is 19.5 Å². The molecule has 2 unspecified atom stereocenters. The molecular weight excluding hydrogens is 673 g/mol. The normalized spacial score (nSPS) is 12.5. The van der Waals surface area contributed by atoms with Crippen LogP contribution in [0.3, 0.4) is 0 Å². The Morgan fingerprint density at radius 1 is 0.463 bits per heavy atom. The van der Waals surface area contributed by atoms with Gasteiger partial charge < -0.3 is 20.9 Å². The summed E-state index contributed by atoms with van der Waals surface area (Å²) in [7, 11) is 0. The molecule has 0 aromatic carbocycles. The van der Waals surface area contributed by atoms with Crippen molar-refractivity contribution in [2.75, 3.05) is 6.54 Å². The van der Waals surface area contributed by atoms with Crippen molar-refractivity contribution in [2.45, 2.75) is 276 Å². The molecule has 0 bridgehead atoms. The number of carbonyl (C=O) groups excluding carboxylic acids is 2. The SMILES string of the molecule is CCCCCCCCCCCCCCCCC(=O)OC(CCCCCCCCCCCCCCCC)CCCCCCCC(=O)NC(CCCN)C(=O)O. The van der Waals surface area contributed by atoms with E-state index < -0.39 is 12.0 Å². The molecule has 0 saturated heterocycles. The third-order valence-corrected chi connectivity index (χ3v) is 11.2. The van der Waals surface area contributed by atoms with Gasteiger partial charge in [-0.3, -0.25) is 9.59 Å². The number of nitrogens with one attached hydrogen (secondary N) is 1. The highest BCUT2D eigenvalue weighted by Crippen LogP contribution is 2.20. The van der Waals surface area contributed by atoms with Crippen LogP contribution in [0.5, 0.6) is 0 Å². The second kappa shape index (κ2) is 42.5. The van der Waals surface area contributed by atoms with Crippen LogP contribution in [0.4, 0.5) is 0 Å². The monoisotopic (exact) mass is 765 g/mol. The average Bonchev–Trinajstić information content (AvgIpc) is 3.16. The van der Waals surface area contributed by atoms with Gasteiger partial charge in [-0.2, -0.15) is 0 Å². The predicted molar refractivity (Wildman–Crippen MR) is 230 cm³/mol. The summed E-state index contributed by atoms with van der Waals surface area (Å²) in [5, 5.41) is 12.0. The third-order valence-electron chi connectivity index (χ3n) is 11.2. The number of esters is 1. The van der Waals surface area contributed by atoms with Crippen molar-refractivity contribution in [2.24, 2.45) is 5.73 Å². The fourth-order valence-electron chi connectivity index (χ4n) is 7.57. The molecule has 1 amide bonds. The van der Waals surface area contributed by atoms with E-state index in [0.29, 0.717) is 32.2 Å². The summed E-state index contributed by atoms with van der Waals surface area (Å²) < 4.78 is 6.07. The summed E-state index contributed by atoms with van der Waals surface area (Å²) >= 11 is 0. The van der Waals surface area contributed by atoms with Crippen LogP contribution in [0.15, 0.2) is 0 Å². The minimum atomic E-state index is -0.999. The van der Waals surface area contributed by atoms with Gasteiger partial charge in [-0.25, -0.2) is 4.79 Å². The predicted octanol–water partition coefficient (Wildman–Crippen LogP) is 13.7. The van der Waals surface area contributed by atoms with Crippen LogP contribution < -0.4 is 11.1 Å². The highest BCUT2D eigenvalue weighted by Gasteiger charge is 2.19. The summed E-state index contributed by atoms with van der Waals surface area (Å²) in [6.45, 7) is 4.97. The quantitative estimate of drug-likeness (QED) is 0.0420. The lowest BCUT2D eigenvalue weighted by Crippen LogP contribution is -2.40. The summed E-state index contributed by atoms with van der Waals surface area (Å²) in [5.41, 5.74) is 5.49. The first-order valence-electron chi connectivity index (χ1n) is 23.9. The molecule has 320 valence electrons. The standard InChI is InChI=1S/C47H92N2O5/c1-3-5-7-9-11-13-15-17-19-21-23-25-28-32-37-43(38-33-29-27-30-34-40-45(50)49-44(47(52)53)39-36-42-48)54-46(51)41-35-31-26-24-22-20-18-16-14-12-10-8-6-4-2/h43-44H,3-42,48H2,1-2H3,(H,49,50)(H,52,53). The Labute approximate surface area is 335 Å². The Bertz CT molecular complexity index is 822. The van der Waals surface area contributed by atoms with Gasteiger partial charge in [-0.05, 0) is 57.9 Å². The molecule has 0 fully saturated rings. The highest BCUT2D eigenvalue weighted by atomic mass is 16.5. The first kappa shape index (κ1) is 52.4. The molecule has 0 spiro atoms. The number of rotatable bonds is 44. The number of carboxylic acid groups (broad SMARTS) is 1. The number of ether oxygens (including phenoxy) is 1. The zero-order chi connectivity index (χ0) is 39.6. The number of hydrogen-bond donors (Lipinski definition) is 3. The molecule has 0 rings (SSSR count). The summed E-state index contributed by atoms with van der Waals surface area (Å²) in [6, 6.07) is -0.852. The fraction of sp³-hybridized carbons (Fsp3) is 0.936. The highest BCUT2D eigenvalue weighted by molar-refractivity contribution is 5.83. The van der Waals surface area contributed by atoms with Gasteiger partial charge in [0.15, 0.2) is 0 Å². The van der Waals surface area contributed by atoms with E-state index in [1.54, 1.807) is 0 Å². The molecule has 0 saturated carbocycles. The van der Waals surface area contributed by atoms with Crippen LogP contribution in [0.1, 0.15) is 264 Å². The Morgan fingerprint density at radius 2 is 0.796 bits per heavy atom. The number of hydrogen-bond acceptors (Lipinski definition) is 5. The first-order valence-corrected chi connectivity index (χ1v) is 23.9. The van der Waals surface area contributed by atoms with E-state index in [-0.39, 0.29) is 18.0 Å². The zero-order valence-electron chi connectivity index (χ0n) is 36.1.